The lowest BCUT2D eigenvalue weighted by molar-refractivity contribution is -0.314. The van der Waals surface area contributed by atoms with Gasteiger partial charge in [-0.05, 0) is 39.2 Å². The first-order chi connectivity index (χ1) is 28.3. The van der Waals surface area contributed by atoms with E-state index in [1.54, 1.807) is 64.2 Å². The Hall–Kier alpha value is -4.60. The van der Waals surface area contributed by atoms with Gasteiger partial charge < -0.3 is 49.4 Å². The molecular formula is C46H65NO13. The first-order valence-electron chi connectivity index (χ1n) is 20.5. The number of Topliss-reactive ketones (excluding diaryl/α,β-unsaturated/α-hetero) is 1. The highest BCUT2D eigenvalue weighted by Crippen LogP contribution is 2.41. The molecule has 3 aliphatic rings. The van der Waals surface area contributed by atoms with Gasteiger partial charge in [-0.2, -0.15) is 0 Å². The molecule has 1 fully saturated rings. The van der Waals surface area contributed by atoms with Gasteiger partial charge >= 0.3 is 11.9 Å². The number of methoxy groups -OCH3 is 2. The van der Waals surface area contributed by atoms with E-state index >= 15 is 0 Å². The predicted molar refractivity (Wildman–Crippen MR) is 224 cm³/mol. The fourth-order valence-electron chi connectivity index (χ4n) is 7.71. The average molecular weight is 840 g/mol. The quantitative estimate of drug-likeness (QED) is 0.0933. The monoisotopic (exact) mass is 839 g/mol. The summed E-state index contributed by atoms with van der Waals surface area (Å²) in [4.78, 5) is 51.3. The van der Waals surface area contributed by atoms with E-state index in [9.17, 15) is 39.6 Å². The molecule has 2 aliphatic heterocycles. The van der Waals surface area contributed by atoms with E-state index < -0.39 is 83.8 Å². The minimum atomic E-state index is -2.10. The number of ether oxygens (including phenoxy) is 5. The van der Waals surface area contributed by atoms with E-state index in [1.165, 1.54) is 20.3 Å². The lowest BCUT2D eigenvalue weighted by Gasteiger charge is -2.48. The molecule has 5 N–H and O–H groups in total. The van der Waals surface area contributed by atoms with Gasteiger partial charge in [0.2, 0.25) is 11.7 Å². The standard InChI is InChI=1S/C46H65NO13/c1-11-12-13-16-35-30(6)38(58-40(51)21-20-39(50)47-41-33(48)18-19-34(41)49)25-46(55,60-35)32(8)43(53)31(7)44-36(56-9)17-14-15-26(2)22-28(4)42(52)29(5)23-27(3)24-37(57-10)45(54)59-44/h11-17,20-21,23-24,28-32,35-36,38,42-44,48,52-53,55H,18-19,22,25H2,1-10H3,(H,47,50)/b12-11-,16-13+,17-14-,21-20+,26-15+,27-23-,37-24+/t28-,29+,30+,31+,32-,35+,36-,38+,42-,43+,44+,46+/m0/s1. The second-order valence-electron chi connectivity index (χ2n) is 16.2. The van der Waals surface area contributed by atoms with Crippen LogP contribution in [-0.2, 0) is 42.9 Å². The number of cyclic esters (lactones) is 1. The lowest BCUT2D eigenvalue weighted by Crippen LogP contribution is -2.58. The zero-order chi connectivity index (χ0) is 44.9. The van der Waals surface area contributed by atoms with Crippen LogP contribution in [0.4, 0.5) is 0 Å². The summed E-state index contributed by atoms with van der Waals surface area (Å²) >= 11 is 0. The molecule has 0 aromatic rings. The molecule has 1 amide bonds. The van der Waals surface area contributed by atoms with Crippen molar-refractivity contribution in [3.8, 4) is 0 Å². The molecule has 0 radical (unpaired) electrons. The maximum Gasteiger partial charge on any atom is 0.373 e. The Morgan fingerprint density at radius 2 is 1.77 bits per heavy atom. The van der Waals surface area contributed by atoms with Crippen molar-refractivity contribution in [3.05, 3.63) is 95.2 Å². The van der Waals surface area contributed by atoms with Crippen molar-refractivity contribution < 1.29 is 63.3 Å². The van der Waals surface area contributed by atoms with Crippen LogP contribution < -0.4 is 5.32 Å². The molecule has 1 aliphatic carbocycles. The molecule has 1 saturated heterocycles. The van der Waals surface area contributed by atoms with Crippen LogP contribution >= 0.6 is 0 Å². The van der Waals surface area contributed by atoms with Crippen LogP contribution in [0.3, 0.4) is 0 Å². The molecule has 60 heavy (non-hydrogen) atoms. The van der Waals surface area contributed by atoms with Gasteiger partial charge in [0.25, 0.3) is 0 Å². The van der Waals surface area contributed by atoms with Crippen molar-refractivity contribution >= 4 is 23.6 Å². The number of amides is 1. The second-order valence-corrected chi connectivity index (χ2v) is 16.2. The highest BCUT2D eigenvalue weighted by molar-refractivity contribution is 6.04. The normalized spacial score (nSPS) is 34.9. The Morgan fingerprint density at radius 1 is 1.07 bits per heavy atom. The lowest BCUT2D eigenvalue weighted by atomic mass is 9.77. The highest BCUT2D eigenvalue weighted by atomic mass is 16.6. The van der Waals surface area contributed by atoms with Crippen LogP contribution in [0.5, 0.6) is 0 Å². The molecule has 0 aromatic heterocycles. The molecule has 3 rings (SSSR count). The third-order valence-corrected chi connectivity index (χ3v) is 11.5. The van der Waals surface area contributed by atoms with Gasteiger partial charge in [-0.15, -0.1) is 0 Å². The number of hydrogen-bond acceptors (Lipinski definition) is 13. The van der Waals surface area contributed by atoms with Crippen molar-refractivity contribution in [2.75, 3.05) is 14.2 Å². The Bertz CT molecular complexity index is 1790. The van der Waals surface area contributed by atoms with Crippen LogP contribution in [0.25, 0.3) is 0 Å². The molecule has 14 heteroatoms. The SMILES string of the molecule is C/C=C\C=C\[C@H]1O[C@@](O)([C@@H](C)[C@H](O)[C@@H](C)[C@H]2OC(=O)/C(OC)=C\C(C)=C/[C@@H](C)[C@@H](O)[C@@H](C)C/C(C)=C/C=C\[C@@H]2OC)C[C@@H](OC(=O)/C=C/C(=O)NC2=C(O)CCC2=O)[C@@H]1C. The van der Waals surface area contributed by atoms with Crippen molar-refractivity contribution in [2.24, 2.45) is 29.6 Å². The maximum atomic E-state index is 13.8. The maximum absolute atomic E-state index is 13.8. The summed E-state index contributed by atoms with van der Waals surface area (Å²) in [5.41, 5.74) is 1.45. The second kappa shape index (κ2) is 22.8. The Kier molecular flexibility index (Phi) is 18.9. The number of esters is 2. The summed E-state index contributed by atoms with van der Waals surface area (Å²) in [6.07, 6.45) is 12.2. The van der Waals surface area contributed by atoms with E-state index in [0.717, 1.165) is 17.7 Å². The van der Waals surface area contributed by atoms with Crippen LogP contribution in [0, 0.1) is 29.6 Å². The van der Waals surface area contributed by atoms with Gasteiger partial charge in [-0.3, -0.25) is 9.59 Å². The number of carbonyl (C=O) groups excluding carboxylic acids is 4. The molecule has 0 spiro atoms. The van der Waals surface area contributed by atoms with Crippen molar-refractivity contribution in [1.82, 2.24) is 5.32 Å². The molecule has 12 atom stereocenters. The fraction of sp³-hybridized carbons (Fsp3) is 0.565. The topological polar surface area (TPSA) is 207 Å². The van der Waals surface area contributed by atoms with Gasteiger partial charge in [0.05, 0.1) is 25.4 Å². The smallest absolute Gasteiger partial charge is 0.373 e. The molecule has 0 unspecified atom stereocenters. The predicted octanol–water partition coefficient (Wildman–Crippen LogP) is 5.52. The molecule has 332 valence electrons. The summed E-state index contributed by atoms with van der Waals surface area (Å²) < 4.78 is 29.4. The van der Waals surface area contributed by atoms with Crippen LogP contribution in [-0.4, -0.2) is 101 Å². The first kappa shape index (κ1) is 49.8. The summed E-state index contributed by atoms with van der Waals surface area (Å²) in [7, 11) is 2.78. The number of allylic oxidation sites excluding steroid dienone is 10. The Labute approximate surface area is 354 Å². The largest absolute Gasteiger partial charge is 0.510 e. The number of carbonyl (C=O) groups is 4. The molecule has 14 nitrogen and oxygen atoms in total. The summed E-state index contributed by atoms with van der Waals surface area (Å²) in [6, 6.07) is 0. The number of rotatable bonds is 12. The van der Waals surface area contributed by atoms with E-state index in [-0.39, 0.29) is 48.3 Å². The first-order valence-corrected chi connectivity index (χ1v) is 20.5. The number of hydrogen-bond donors (Lipinski definition) is 5. The minimum absolute atomic E-state index is 0.0655. The summed E-state index contributed by atoms with van der Waals surface area (Å²) in [5, 5.41) is 47.5. The van der Waals surface area contributed by atoms with Crippen molar-refractivity contribution in [2.45, 2.75) is 123 Å². The van der Waals surface area contributed by atoms with Crippen LogP contribution in [0.15, 0.2) is 95.2 Å². The third kappa shape index (κ3) is 13.5. The Balaban J connectivity index is 1.96. The van der Waals surface area contributed by atoms with E-state index in [0.29, 0.717) is 12.0 Å². The molecule has 0 saturated carbocycles. The van der Waals surface area contributed by atoms with Gasteiger partial charge in [0.15, 0.2) is 11.6 Å². The van der Waals surface area contributed by atoms with E-state index in [4.69, 9.17) is 23.7 Å². The van der Waals surface area contributed by atoms with E-state index in [1.807, 2.05) is 39.8 Å². The molecule has 0 aromatic carbocycles. The summed E-state index contributed by atoms with van der Waals surface area (Å²) in [6.45, 7) is 14.5. The number of ketones is 1. The van der Waals surface area contributed by atoms with Crippen LogP contribution in [0.1, 0.15) is 81.1 Å². The third-order valence-electron chi connectivity index (χ3n) is 11.5. The zero-order valence-electron chi connectivity index (χ0n) is 36.5. The van der Waals surface area contributed by atoms with Gasteiger partial charge in [0, 0.05) is 62.2 Å². The van der Waals surface area contributed by atoms with Crippen molar-refractivity contribution in [1.29, 1.82) is 0 Å². The minimum Gasteiger partial charge on any atom is -0.510 e. The number of aliphatic hydroxyl groups excluding tert-OH is 3. The van der Waals surface area contributed by atoms with Crippen LogP contribution in [0.2, 0.25) is 0 Å². The summed E-state index contributed by atoms with van der Waals surface area (Å²) in [5.74, 6) is -8.21. The van der Waals surface area contributed by atoms with Crippen molar-refractivity contribution in [3.63, 3.8) is 0 Å². The fourth-order valence-corrected chi connectivity index (χ4v) is 7.71. The molecular weight excluding hydrogens is 774 g/mol. The molecule has 0 bridgehead atoms. The number of aliphatic hydroxyl groups is 4. The van der Waals surface area contributed by atoms with Gasteiger partial charge in [-0.25, -0.2) is 9.59 Å². The van der Waals surface area contributed by atoms with Gasteiger partial charge in [0.1, 0.15) is 29.8 Å². The van der Waals surface area contributed by atoms with Gasteiger partial charge in [-0.1, -0.05) is 94.4 Å². The van der Waals surface area contributed by atoms with E-state index in [2.05, 4.69) is 5.32 Å². The number of nitrogens with one attached hydrogen (secondary N) is 1. The average Bonchev–Trinajstić information content (AvgIpc) is 3.52. The highest BCUT2D eigenvalue weighted by Gasteiger charge is 2.52. The molecule has 2 heterocycles. The Morgan fingerprint density at radius 3 is 2.38 bits per heavy atom. The zero-order valence-corrected chi connectivity index (χ0v) is 36.5.